The lowest BCUT2D eigenvalue weighted by atomic mass is 10.2. The van der Waals surface area contributed by atoms with Gasteiger partial charge in [0.15, 0.2) is 0 Å². The van der Waals surface area contributed by atoms with E-state index >= 15 is 0 Å². The summed E-state index contributed by atoms with van der Waals surface area (Å²) in [6, 6.07) is 6.42. The van der Waals surface area contributed by atoms with E-state index in [2.05, 4.69) is 22.5 Å². The van der Waals surface area contributed by atoms with E-state index in [0.717, 1.165) is 17.8 Å². The van der Waals surface area contributed by atoms with Crippen molar-refractivity contribution in [1.29, 1.82) is 0 Å². The van der Waals surface area contributed by atoms with E-state index in [1.54, 1.807) is 24.3 Å². The van der Waals surface area contributed by atoms with Crippen LogP contribution in [0.15, 0.2) is 24.3 Å². The number of hydrogen-bond donors (Lipinski definition) is 3. The monoisotopic (exact) mass is 375 g/mol. The largest absolute Gasteiger partial charge is 0.481 e. The fraction of sp³-hybridized carbons (Fsp3) is 0.333. The van der Waals surface area contributed by atoms with Crippen LogP contribution in [0, 0.1) is 6.92 Å². The summed E-state index contributed by atoms with van der Waals surface area (Å²) in [4.78, 5) is 39.7. The molecule has 8 heteroatoms. The third kappa shape index (κ3) is 5.38. The lowest BCUT2D eigenvalue weighted by Crippen LogP contribution is -2.25. The van der Waals surface area contributed by atoms with Crippen LogP contribution >= 0.6 is 11.3 Å². The molecule has 1 heterocycles. The van der Waals surface area contributed by atoms with Gasteiger partial charge in [-0.3, -0.25) is 14.4 Å². The highest BCUT2D eigenvalue weighted by Crippen LogP contribution is 2.21. The minimum atomic E-state index is -0.969. The van der Waals surface area contributed by atoms with Gasteiger partial charge in [0, 0.05) is 17.8 Å². The number of thiazole rings is 1. The average molecular weight is 375 g/mol. The van der Waals surface area contributed by atoms with E-state index < -0.39 is 5.97 Å². The standard InChI is InChI=1S/C18H21N3O4S/c1-3-4-14-20-11(2)16(26-14)18(25)21-13-7-5-12(6-8-13)17(24)19-10-9-15(22)23/h5-8H,3-4,9-10H2,1-2H3,(H,19,24)(H,21,25)(H,22,23). The molecule has 26 heavy (non-hydrogen) atoms. The highest BCUT2D eigenvalue weighted by atomic mass is 32.1. The second-order valence-corrected chi connectivity index (χ2v) is 6.79. The molecule has 2 aromatic rings. The van der Waals surface area contributed by atoms with Crippen LogP contribution in [0.5, 0.6) is 0 Å². The summed E-state index contributed by atoms with van der Waals surface area (Å²) in [6.07, 6.45) is 1.70. The average Bonchev–Trinajstić information content (AvgIpc) is 2.96. The number of aromatic nitrogens is 1. The first kappa shape index (κ1) is 19.6. The molecule has 2 amide bonds. The van der Waals surface area contributed by atoms with E-state index in [1.165, 1.54) is 11.3 Å². The number of nitrogens with one attached hydrogen (secondary N) is 2. The number of carbonyl (C=O) groups is 3. The number of carboxylic acid groups (broad SMARTS) is 1. The quantitative estimate of drug-likeness (QED) is 0.657. The third-order valence-electron chi connectivity index (χ3n) is 3.54. The molecule has 0 radical (unpaired) electrons. The third-order valence-corrected chi connectivity index (χ3v) is 4.76. The Bertz CT molecular complexity index is 799. The second kappa shape index (κ2) is 9.10. The molecule has 0 aliphatic rings. The number of aryl methyl sites for hydroxylation is 2. The molecular weight excluding hydrogens is 354 g/mol. The van der Waals surface area contributed by atoms with Crippen LogP contribution in [-0.4, -0.2) is 34.4 Å². The number of nitrogens with zero attached hydrogens (tertiary/aromatic N) is 1. The molecule has 0 fully saturated rings. The first-order valence-corrected chi connectivity index (χ1v) is 9.10. The summed E-state index contributed by atoms with van der Waals surface area (Å²) in [6.45, 7) is 3.95. The molecule has 2 rings (SSSR count). The van der Waals surface area contributed by atoms with E-state index in [0.29, 0.717) is 21.8 Å². The predicted octanol–water partition coefficient (Wildman–Crippen LogP) is 2.86. The van der Waals surface area contributed by atoms with Crippen molar-refractivity contribution in [2.45, 2.75) is 33.1 Å². The maximum absolute atomic E-state index is 12.4. The normalized spacial score (nSPS) is 10.4. The molecule has 0 spiro atoms. The fourth-order valence-electron chi connectivity index (χ4n) is 2.26. The van der Waals surface area contributed by atoms with Crippen molar-refractivity contribution in [3.05, 3.63) is 45.4 Å². The Labute approximate surface area is 155 Å². The Hall–Kier alpha value is -2.74. The van der Waals surface area contributed by atoms with Crippen molar-refractivity contribution >= 4 is 34.8 Å². The molecule has 138 valence electrons. The summed E-state index contributed by atoms with van der Waals surface area (Å²) < 4.78 is 0. The van der Waals surface area contributed by atoms with Crippen molar-refractivity contribution in [1.82, 2.24) is 10.3 Å². The molecule has 3 N–H and O–H groups in total. The lowest BCUT2D eigenvalue weighted by molar-refractivity contribution is -0.136. The molecule has 0 unspecified atom stereocenters. The summed E-state index contributed by atoms with van der Waals surface area (Å²) in [5.41, 5.74) is 1.68. The number of hydrogen-bond acceptors (Lipinski definition) is 5. The lowest BCUT2D eigenvalue weighted by Gasteiger charge is -2.06. The molecule has 0 saturated heterocycles. The predicted molar refractivity (Wildman–Crippen MR) is 99.8 cm³/mol. The molecule has 0 aliphatic heterocycles. The number of aliphatic carboxylic acids is 1. The highest BCUT2D eigenvalue weighted by molar-refractivity contribution is 7.13. The van der Waals surface area contributed by atoms with Crippen LogP contribution < -0.4 is 10.6 Å². The number of rotatable bonds is 8. The number of carbonyl (C=O) groups excluding carboxylic acids is 2. The van der Waals surface area contributed by atoms with Crippen LogP contribution in [0.2, 0.25) is 0 Å². The van der Waals surface area contributed by atoms with Crippen molar-refractivity contribution in [3.8, 4) is 0 Å². The van der Waals surface area contributed by atoms with Gasteiger partial charge in [-0.2, -0.15) is 0 Å². The number of carboxylic acids is 1. The van der Waals surface area contributed by atoms with Gasteiger partial charge in [-0.05, 0) is 44.0 Å². The molecular formula is C18H21N3O4S. The first-order chi connectivity index (χ1) is 12.4. The Kier molecular flexibility index (Phi) is 6.85. The van der Waals surface area contributed by atoms with Crippen LogP contribution in [0.1, 0.15) is 50.5 Å². The Morgan fingerprint density at radius 3 is 2.46 bits per heavy atom. The van der Waals surface area contributed by atoms with Gasteiger partial charge in [-0.15, -0.1) is 11.3 Å². The van der Waals surface area contributed by atoms with E-state index in [4.69, 9.17) is 5.11 Å². The molecule has 0 atom stereocenters. The molecule has 1 aromatic carbocycles. The Morgan fingerprint density at radius 1 is 1.15 bits per heavy atom. The van der Waals surface area contributed by atoms with Gasteiger partial charge in [0.05, 0.1) is 17.1 Å². The fourth-order valence-corrected chi connectivity index (χ4v) is 3.32. The maximum Gasteiger partial charge on any atom is 0.305 e. The van der Waals surface area contributed by atoms with E-state index in [9.17, 15) is 14.4 Å². The van der Waals surface area contributed by atoms with Crippen molar-refractivity contribution in [2.75, 3.05) is 11.9 Å². The van der Waals surface area contributed by atoms with E-state index in [-0.39, 0.29) is 24.8 Å². The molecule has 7 nitrogen and oxygen atoms in total. The maximum atomic E-state index is 12.4. The zero-order chi connectivity index (χ0) is 19.1. The molecule has 0 aliphatic carbocycles. The molecule has 1 aromatic heterocycles. The van der Waals surface area contributed by atoms with Gasteiger partial charge < -0.3 is 15.7 Å². The number of amides is 2. The highest BCUT2D eigenvalue weighted by Gasteiger charge is 2.15. The molecule has 0 saturated carbocycles. The number of anilines is 1. The zero-order valence-electron chi connectivity index (χ0n) is 14.7. The molecule has 0 bridgehead atoms. The van der Waals surface area contributed by atoms with Gasteiger partial charge >= 0.3 is 5.97 Å². The van der Waals surface area contributed by atoms with Gasteiger partial charge in [-0.1, -0.05) is 6.92 Å². The second-order valence-electron chi connectivity index (χ2n) is 5.70. The summed E-state index contributed by atoms with van der Waals surface area (Å²) in [5.74, 6) is -1.54. The first-order valence-electron chi connectivity index (χ1n) is 8.28. The van der Waals surface area contributed by atoms with Crippen molar-refractivity contribution in [3.63, 3.8) is 0 Å². The SMILES string of the molecule is CCCc1nc(C)c(C(=O)Nc2ccc(C(=O)NCCC(=O)O)cc2)s1. The smallest absolute Gasteiger partial charge is 0.305 e. The van der Waals surface area contributed by atoms with Crippen molar-refractivity contribution < 1.29 is 19.5 Å². The van der Waals surface area contributed by atoms with Gasteiger partial charge in [-0.25, -0.2) is 4.98 Å². The van der Waals surface area contributed by atoms with Gasteiger partial charge in [0.2, 0.25) is 0 Å². The zero-order valence-corrected chi connectivity index (χ0v) is 15.5. The van der Waals surface area contributed by atoms with Crippen LogP contribution in [0.25, 0.3) is 0 Å². The topological polar surface area (TPSA) is 108 Å². The number of benzene rings is 1. The summed E-state index contributed by atoms with van der Waals surface area (Å²) in [7, 11) is 0. The Morgan fingerprint density at radius 2 is 1.85 bits per heavy atom. The summed E-state index contributed by atoms with van der Waals surface area (Å²) >= 11 is 1.40. The van der Waals surface area contributed by atoms with Crippen LogP contribution in [0.3, 0.4) is 0 Å². The van der Waals surface area contributed by atoms with Crippen molar-refractivity contribution in [2.24, 2.45) is 0 Å². The minimum Gasteiger partial charge on any atom is -0.481 e. The van der Waals surface area contributed by atoms with Crippen LogP contribution in [0.4, 0.5) is 5.69 Å². The van der Waals surface area contributed by atoms with E-state index in [1.807, 2.05) is 6.92 Å². The Balaban J connectivity index is 1.97. The van der Waals surface area contributed by atoms with Gasteiger partial charge in [0.25, 0.3) is 11.8 Å². The van der Waals surface area contributed by atoms with Gasteiger partial charge in [0.1, 0.15) is 4.88 Å². The van der Waals surface area contributed by atoms with Crippen LogP contribution in [-0.2, 0) is 11.2 Å². The minimum absolute atomic E-state index is 0.0669. The summed E-state index contributed by atoms with van der Waals surface area (Å²) in [5, 5.41) is 14.8.